The fourth-order valence-corrected chi connectivity index (χ4v) is 2.29. The molecule has 1 amide bonds. The summed E-state index contributed by atoms with van der Waals surface area (Å²) in [6.07, 6.45) is 2.77. The van der Waals surface area contributed by atoms with Crippen LogP contribution >= 0.6 is 0 Å². The van der Waals surface area contributed by atoms with Crippen LogP contribution in [0.15, 0.2) is 47.1 Å². The van der Waals surface area contributed by atoms with E-state index < -0.39 is 0 Å². The lowest BCUT2D eigenvalue weighted by atomic mass is 9.99. The first kappa shape index (κ1) is 16.3. The summed E-state index contributed by atoms with van der Waals surface area (Å²) < 4.78 is 5.33. The number of benzene rings is 1. The van der Waals surface area contributed by atoms with E-state index in [4.69, 9.17) is 4.42 Å². The first-order valence-electron chi connectivity index (χ1n) is 7.86. The van der Waals surface area contributed by atoms with Gasteiger partial charge in [-0.1, -0.05) is 26.0 Å². The van der Waals surface area contributed by atoms with Crippen molar-refractivity contribution in [2.45, 2.75) is 39.2 Å². The van der Waals surface area contributed by atoms with Crippen molar-refractivity contribution < 1.29 is 14.5 Å². The van der Waals surface area contributed by atoms with Gasteiger partial charge in [-0.25, -0.2) is 0 Å². The molecule has 1 heterocycles. The number of furan rings is 1. The Bertz CT molecular complexity index is 576. The van der Waals surface area contributed by atoms with E-state index in [0.29, 0.717) is 12.5 Å². The van der Waals surface area contributed by atoms with Gasteiger partial charge in [-0.15, -0.1) is 0 Å². The van der Waals surface area contributed by atoms with Crippen LogP contribution in [-0.4, -0.2) is 12.5 Å². The number of carbonyl (C=O) groups excluding carboxylic acids is 1. The standard InChI is InChI=1S/C18H24N2O2/c1-4-13(2)15-7-9-16(10-8-15)20-18(21)12-19-14(3)17-6-5-11-22-17/h5-11,13-14,19H,4,12H2,1-3H3,(H,20,21)/p+1/t13-,14+/m1/s1. The van der Waals surface area contributed by atoms with Crippen molar-refractivity contribution in [3.05, 3.63) is 54.0 Å². The number of nitrogens with one attached hydrogen (secondary N) is 1. The van der Waals surface area contributed by atoms with Gasteiger partial charge in [0.25, 0.3) is 5.91 Å². The van der Waals surface area contributed by atoms with E-state index in [1.165, 1.54) is 5.56 Å². The largest absolute Gasteiger partial charge is 0.463 e. The van der Waals surface area contributed by atoms with E-state index in [0.717, 1.165) is 17.9 Å². The van der Waals surface area contributed by atoms with Gasteiger partial charge < -0.3 is 15.1 Å². The zero-order valence-corrected chi connectivity index (χ0v) is 13.5. The topological polar surface area (TPSA) is 58.9 Å². The minimum Gasteiger partial charge on any atom is -0.463 e. The van der Waals surface area contributed by atoms with Gasteiger partial charge in [0.15, 0.2) is 12.3 Å². The summed E-state index contributed by atoms with van der Waals surface area (Å²) in [6.45, 7) is 6.77. The smallest absolute Gasteiger partial charge is 0.279 e. The Hall–Kier alpha value is -2.07. The lowest BCUT2D eigenvalue weighted by Gasteiger charge is -2.11. The molecule has 118 valence electrons. The number of carbonyl (C=O) groups is 1. The molecule has 0 unspecified atom stereocenters. The number of quaternary nitrogens is 1. The summed E-state index contributed by atoms with van der Waals surface area (Å²) >= 11 is 0. The number of amides is 1. The van der Waals surface area contributed by atoms with E-state index in [2.05, 4.69) is 31.3 Å². The summed E-state index contributed by atoms with van der Waals surface area (Å²) in [4.78, 5) is 12.0. The summed E-state index contributed by atoms with van der Waals surface area (Å²) in [5, 5.41) is 4.89. The van der Waals surface area contributed by atoms with Crippen LogP contribution in [0.2, 0.25) is 0 Å². The number of hydrogen-bond acceptors (Lipinski definition) is 2. The molecule has 1 aromatic heterocycles. The van der Waals surface area contributed by atoms with Crippen LogP contribution in [0.1, 0.15) is 50.5 Å². The Morgan fingerprint density at radius 1 is 1.23 bits per heavy atom. The maximum atomic E-state index is 12.0. The minimum atomic E-state index is -0.00491. The molecule has 1 aromatic carbocycles. The van der Waals surface area contributed by atoms with Gasteiger partial charge in [0, 0.05) is 5.69 Å². The molecule has 2 aromatic rings. The molecular formula is C18H25N2O2+. The third-order valence-corrected chi connectivity index (χ3v) is 4.02. The van der Waals surface area contributed by atoms with E-state index in [-0.39, 0.29) is 11.9 Å². The Balaban J connectivity index is 1.81. The second-order valence-electron chi connectivity index (χ2n) is 5.72. The Morgan fingerprint density at radius 2 is 1.95 bits per heavy atom. The predicted molar refractivity (Wildman–Crippen MR) is 87.7 cm³/mol. The number of nitrogens with two attached hydrogens (primary N) is 1. The molecule has 4 nitrogen and oxygen atoms in total. The molecule has 3 N–H and O–H groups in total. The van der Waals surface area contributed by atoms with Crippen molar-refractivity contribution in [1.82, 2.24) is 0 Å². The summed E-state index contributed by atoms with van der Waals surface area (Å²) in [5.74, 6) is 1.42. The Morgan fingerprint density at radius 3 is 2.55 bits per heavy atom. The fraction of sp³-hybridized carbons (Fsp3) is 0.389. The molecular weight excluding hydrogens is 276 g/mol. The molecule has 2 atom stereocenters. The van der Waals surface area contributed by atoms with Crippen LogP contribution in [0.3, 0.4) is 0 Å². The molecule has 0 spiro atoms. The maximum Gasteiger partial charge on any atom is 0.279 e. The van der Waals surface area contributed by atoms with Crippen molar-refractivity contribution >= 4 is 11.6 Å². The van der Waals surface area contributed by atoms with Crippen LogP contribution < -0.4 is 10.6 Å². The highest BCUT2D eigenvalue weighted by molar-refractivity contribution is 5.91. The third kappa shape index (κ3) is 4.46. The average molecular weight is 301 g/mol. The van der Waals surface area contributed by atoms with Crippen LogP contribution in [0.25, 0.3) is 0 Å². The van der Waals surface area contributed by atoms with Crippen LogP contribution in [0.4, 0.5) is 5.69 Å². The zero-order valence-electron chi connectivity index (χ0n) is 13.5. The van der Waals surface area contributed by atoms with Crippen molar-refractivity contribution in [2.24, 2.45) is 0 Å². The highest BCUT2D eigenvalue weighted by Crippen LogP contribution is 2.20. The van der Waals surface area contributed by atoms with E-state index in [1.807, 2.05) is 36.5 Å². The lowest BCUT2D eigenvalue weighted by molar-refractivity contribution is -0.684. The van der Waals surface area contributed by atoms with Crippen LogP contribution in [0.5, 0.6) is 0 Å². The molecule has 2 rings (SSSR count). The minimum absolute atomic E-state index is 0.00491. The maximum absolute atomic E-state index is 12.0. The SMILES string of the molecule is CC[C@@H](C)c1ccc(NC(=O)C[NH2+][C@@H](C)c2ccco2)cc1. The Kier molecular flexibility index (Phi) is 5.78. The molecule has 0 saturated heterocycles. The second kappa shape index (κ2) is 7.80. The monoisotopic (exact) mass is 301 g/mol. The van der Waals surface area contributed by atoms with Crippen molar-refractivity contribution in [1.29, 1.82) is 0 Å². The quantitative estimate of drug-likeness (QED) is 0.825. The molecule has 0 radical (unpaired) electrons. The summed E-state index contributed by atoms with van der Waals surface area (Å²) in [5.41, 5.74) is 2.15. The van der Waals surface area contributed by atoms with Gasteiger partial charge in [0.05, 0.1) is 6.26 Å². The molecule has 0 saturated carbocycles. The Labute approximate surface area is 131 Å². The van der Waals surface area contributed by atoms with Crippen molar-refractivity contribution in [3.8, 4) is 0 Å². The number of hydrogen-bond donors (Lipinski definition) is 2. The fourth-order valence-electron chi connectivity index (χ4n) is 2.29. The van der Waals surface area contributed by atoms with Gasteiger partial charge in [-0.2, -0.15) is 0 Å². The van der Waals surface area contributed by atoms with Crippen LogP contribution in [0, 0.1) is 0 Å². The molecule has 0 aliphatic heterocycles. The van der Waals surface area contributed by atoms with E-state index >= 15 is 0 Å². The highest BCUT2D eigenvalue weighted by Gasteiger charge is 2.13. The first-order chi connectivity index (χ1) is 10.6. The van der Waals surface area contributed by atoms with Gasteiger partial charge in [-0.05, 0) is 49.1 Å². The van der Waals surface area contributed by atoms with Crippen LogP contribution in [-0.2, 0) is 4.79 Å². The van der Waals surface area contributed by atoms with Gasteiger partial charge in [0.2, 0.25) is 0 Å². The van der Waals surface area contributed by atoms with Gasteiger partial charge >= 0.3 is 0 Å². The normalized spacial score (nSPS) is 13.6. The van der Waals surface area contributed by atoms with E-state index in [9.17, 15) is 4.79 Å². The molecule has 0 aliphatic carbocycles. The van der Waals surface area contributed by atoms with Gasteiger partial charge in [-0.3, -0.25) is 4.79 Å². The second-order valence-corrected chi connectivity index (χ2v) is 5.72. The molecule has 22 heavy (non-hydrogen) atoms. The van der Waals surface area contributed by atoms with E-state index in [1.54, 1.807) is 6.26 Å². The summed E-state index contributed by atoms with van der Waals surface area (Å²) in [6, 6.07) is 12.0. The third-order valence-electron chi connectivity index (χ3n) is 4.02. The molecule has 4 heteroatoms. The highest BCUT2D eigenvalue weighted by atomic mass is 16.3. The first-order valence-corrected chi connectivity index (χ1v) is 7.86. The molecule has 0 aliphatic rings. The van der Waals surface area contributed by atoms with Gasteiger partial charge in [0.1, 0.15) is 6.04 Å². The van der Waals surface area contributed by atoms with Crippen molar-refractivity contribution in [2.75, 3.05) is 11.9 Å². The average Bonchev–Trinajstić information content (AvgIpc) is 3.07. The zero-order chi connectivity index (χ0) is 15.9. The number of anilines is 1. The molecule has 0 fully saturated rings. The predicted octanol–water partition coefficient (Wildman–Crippen LogP) is 3.06. The summed E-state index contributed by atoms with van der Waals surface area (Å²) in [7, 11) is 0. The molecule has 0 bridgehead atoms. The van der Waals surface area contributed by atoms with Crippen molar-refractivity contribution in [3.63, 3.8) is 0 Å². The number of rotatable bonds is 7. The lowest BCUT2D eigenvalue weighted by Crippen LogP contribution is -2.86.